The van der Waals surface area contributed by atoms with Crippen molar-refractivity contribution in [2.24, 2.45) is 7.05 Å². The van der Waals surface area contributed by atoms with Gasteiger partial charge in [-0.15, -0.1) is 0 Å². The molecule has 0 saturated carbocycles. The second-order valence-corrected chi connectivity index (χ2v) is 4.64. The van der Waals surface area contributed by atoms with Crippen LogP contribution in [0.2, 0.25) is 0 Å². The van der Waals surface area contributed by atoms with E-state index in [1.165, 1.54) is 0 Å². The van der Waals surface area contributed by atoms with Crippen LogP contribution in [0.3, 0.4) is 0 Å². The highest BCUT2D eigenvalue weighted by Gasteiger charge is 2.14. The van der Waals surface area contributed by atoms with Crippen molar-refractivity contribution >= 4 is 17.4 Å². The van der Waals surface area contributed by atoms with E-state index in [9.17, 15) is 8.78 Å². The van der Waals surface area contributed by atoms with Crippen LogP contribution in [0.4, 0.5) is 14.5 Å². The van der Waals surface area contributed by atoms with Crippen molar-refractivity contribution in [2.45, 2.75) is 16.8 Å². The predicted octanol–water partition coefficient (Wildman–Crippen LogP) is 2.74. The van der Waals surface area contributed by atoms with Crippen molar-refractivity contribution in [3.05, 3.63) is 35.5 Å². The minimum atomic E-state index is -0.480. The fourth-order valence-corrected chi connectivity index (χ4v) is 2.41. The lowest BCUT2D eigenvalue weighted by Crippen LogP contribution is -1.95. The van der Waals surface area contributed by atoms with Crippen LogP contribution in [0.5, 0.6) is 0 Å². The average molecular weight is 255 g/mol. The lowest BCUT2D eigenvalue weighted by atomic mass is 10.3. The second kappa shape index (κ2) is 4.37. The van der Waals surface area contributed by atoms with Crippen LogP contribution in [0.25, 0.3) is 0 Å². The molecule has 2 aromatic rings. The van der Waals surface area contributed by atoms with Crippen LogP contribution in [0, 0.1) is 18.6 Å². The molecule has 6 heteroatoms. The molecule has 0 unspecified atom stereocenters. The fourth-order valence-electron chi connectivity index (χ4n) is 1.43. The maximum absolute atomic E-state index is 13.5. The third-order valence-corrected chi connectivity index (χ3v) is 3.52. The first-order valence-electron chi connectivity index (χ1n) is 4.91. The summed E-state index contributed by atoms with van der Waals surface area (Å²) in [6.45, 7) is 1.77. The number of rotatable bonds is 2. The van der Waals surface area contributed by atoms with E-state index < -0.39 is 11.6 Å². The zero-order chi connectivity index (χ0) is 12.6. The summed E-state index contributed by atoms with van der Waals surface area (Å²) >= 11 is 1.06. The summed E-state index contributed by atoms with van der Waals surface area (Å²) in [5.74, 6) is -0.957. The summed E-state index contributed by atoms with van der Waals surface area (Å²) in [4.78, 5) is 0.194. The Kier molecular flexibility index (Phi) is 3.06. The number of halogens is 2. The molecule has 0 aliphatic carbocycles. The van der Waals surface area contributed by atoms with Gasteiger partial charge in [-0.25, -0.2) is 8.78 Å². The lowest BCUT2D eigenvalue weighted by Gasteiger charge is -2.04. The SMILES string of the molecule is Cc1nn(C)c(Sc2cc(F)ccc2F)c1N. The Bertz CT molecular complexity index is 566. The van der Waals surface area contributed by atoms with Gasteiger partial charge in [-0.05, 0) is 25.1 Å². The van der Waals surface area contributed by atoms with Gasteiger partial charge in [0.1, 0.15) is 16.7 Å². The van der Waals surface area contributed by atoms with Gasteiger partial charge < -0.3 is 5.73 Å². The molecule has 0 atom stereocenters. The van der Waals surface area contributed by atoms with E-state index in [2.05, 4.69) is 5.10 Å². The minimum absolute atomic E-state index is 0.194. The molecule has 1 aromatic carbocycles. The number of benzene rings is 1. The van der Waals surface area contributed by atoms with Gasteiger partial charge in [0.2, 0.25) is 0 Å². The van der Waals surface area contributed by atoms with Gasteiger partial charge in [0.25, 0.3) is 0 Å². The maximum Gasteiger partial charge on any atom is 0.137 e. The molecule has 1 aromatic heterocycles. The first-order valence-corrected chi connectivity index (χ1v) is 5.72. The second-order valence-electron chi connectivity index (χ2n) is 3.60. The molecule has 17 heavy (non-hydrogen) atoms. The number of nitrogens with two attached hydrogens (primary N) is 1. The minimum Gasteiger partial charge on any atom is -0.395 e. The van der Waals surface area contributed by atoms with E-state index in [0.29, 0.717) is 16.4 Å². The monoisotopic (exact) mass is 255 g/mol. The topological polar surface area (TPSA) is 43.8 Å². The van der Waals surface area contributed by atoms with Crippen LogP contribution >= 0.6 is 11.8 Å². The molecular weight excluding hydrogens is 244 g/mol. The molecule has 0 aliphatic heterocycles. The van der Waals surface area contributed by atoms with Gasteiger partial charge in [0.15, 0.2) is 0 Å². The molecule has 0 aliphatic rings. The molecule has 90 valence electrons. The fraction of sp³-hybridized carbons (Fsp3) is 0.182. The van der Waals surface area contributed by atoms with Crippen LogP contribution in [0.15, 0.2) is 28.1 Å². The van der Waals surface area contributed by atoms with Crippen molar-refractivity contribution in [3.8, 4) is 0 Å². The number of aryl methyl sites for hydroxylation is 2. The largest absolute Gasteiger partial charge is 0.395 e. The Balaban J connectivity index is 2.41. The van der Waals surface area contributed by atoms with Crippen molar-refractivity contribution in [2.75, 3.05) is 5.73 Å². The van der Waals surface area contributed by atoms with E-state index in [0.717, 1.165) is 30.0 Å². The highest BCUT2D eigenvalue weighted by molar-refractivity contribution is 7.99. The molecule has 0 saturated heterocycles. The Morgan fingerprint density at radius 3 is 2.65 bits per heavy atom. The first kappa shape index (κ1) is 11.9. The Morgan fingerprint density at radius 1 is 1.35 bits per heavy atom. The number of nitrogens with zero attached hydrogens (tertiary/aromatic N) is 2. The quantitative estimate of drug-likeness (QED) is 0.897. The van der Waals surface area contributed by atoms with Crippen molar-refractivity contribution in [1.29, 1.82) is 0 Å². The van der Waals surface area contributed by atoms with E-state index in [4.69, 9.17) is 5.73 Å². The highest BCUT2D eigenvalue weighted by Crippen LogP contribution is 2.34. The summed E-state index contributed by atoms with van der Waals surface area (Å²) in [7, 11) is 1.71. The van der Waals surface area contributed by atoms with Crippen molar-refractivity contribution in [3.63, 3.8) is 0 Å². The van der Waals surface area contributed by atoms with E-state index in [1.54, 1.807) is 18.7 Å². The number of aromatic nitrogens is 2. The Morgan fingerprint density at radius 2 is 2.06 bits per heavy atom. The summed E-state index contributed by atoms with van der Waals surface area (Å²) < 4.78 is 28.0. The van der Waals surface area contributed by atoms with E-state index in [1.807, 2.05) is 0 Å². The predicted molar refractivity (Wildman–Crippen MR) is 62.8 cm³/mol. The third-order valence-electron chi connectivity index (χ3n) is 2.31. The smallest absolute Gasteiger partial charge is 0.137 e. The Labute approximate surface area is 102 Å². The summed E-state index contributed by atoms with van der Waals surface area (Å²) in [5.41, 5.74) is 6.98. The van der Waals surface area contributed by atoms with Gasteiger partial charge in [-0.1, -0.05) is 11.8 Å². The molecule has 0 spiro atoms. The van der Waals surface area contributed by atoms with Gasteiger partial charge in [0.05, 0.1) is 16.3 Å². The van der Waals surface area contributed by atoms with Crippen LogP contribution in [-0.4, -0.2) is 9.78 Å². The zero-order valence-corrected chi connectivity index (χ0v) is 10.2. The molecular formula is C11H11F2N3S. The third kappa shape index (κ3) is 2.26. The zero-order valence-electron chi connectivity index (χ0n) is 9.37. The molecule has 0 fully saturated rings. The normalized spacial score (nSPS) is 10.8. The molecule has 2 rings (SSSR count). The highest BCUT2D eigenvalue weighted by atomic mass is 32.2. The van der Waals surface area contributed by atoms with Gasteiger partial charge in [-0.3, -0.25) is 4.68 Å². The van der Waals surface area contributed by atoms with Crippen LogP contribution in [-0.2, 0) is 7.05 Å². The molecule has 3 nitrogen and oxygen atoms in total. The molecule has 0 radical (unpaired) electrons. The lowest BCUT2D eigenvalue weighted by molar-refractivity contribution is 0.576. The number of nitrogen functional groups attached to an aromatic ring is 1. The van der Waals surface area contributed by atoms with Gasteiger partial charge >= 0.3 is 0 Å². The molecule has 0 amide bonds. The standard InChI is InChI=1S/C11H11F2N3S/c1-6-10(14)11(16(2)15-6)17-9-5-7(12)3-4-8(9)13/h3-5H,14H2,1-2H3. The van der Waals surface area contributed by atoms with Crippen LogP contribution in [0.1, 0.15) is 5.69 Å². The summed E-state index contributed by atoms with van der Waals surface area (Å²) in [6.07, 6.45) is 0. The summed E-state index contributed by atoms with van der Waals surface area (Å²) in [5, 5.41) is 4.72. The molecule has 1 heterocycles. The van der Waals surface area contributed by atoms with Gasteiger partial charge in [0, 0.05) is 7.05 Å². The van der Waals surface area contributed by atoms with E-state index in [-0.39, 0.29) is 4.90 Å². The molecule has 2 N–H and O–H groups in total. The summed E-state index contributed by atoms with van der Waals surface area (Å²) in [6, 6.07) is 3.32. The van der Waals surface area contributed by atoms with Crippen LogP contribution < -0.4 is 5.73 Å². The van der Waals surface area contributed by atoms with Gasteiger partial charge in [-0.2, -0.15) is 5.10 Å². The first-order chi connectivity index (χ1) is 7.99. The number of hydrogen-bond acceptors (Lipinski definition) is 3. The van der Waals surface area contributed by atoms with Crippen molar-refractivity contribution < 1.29 is 8.78 Å². The molecule has 0 bridgehead atoms. The average Bonchev–Trinajstić information content (AvgIpc) is 2.50. The number of anilines is 1. The maximum atomic E-state index is 13.5. The number of hydrogen-bond donors (Lipinski definition) is 1. The van der Waals surface area contributed by atoms with Crippen molar-refractivity contribution in [1.82, 2.24) is 9.78 Å². The van der Waals surface area contributed by atoms with E-state index >= 15 is 0 Å². The Hall–Kier alpha value is -1.56.